The van der Waals surface area contributed by atoms with Crippen molar-refractivity contribution in [2.24, 2.45) is 5.92 Å². The summed E-state index contributed by atoms with van der Waals surface area (Å²) in [5.74, 6) is 0.124. The lowest BCUT2D eigenvalue weighted by Gasteiger charge is -2.31. The molecule has 0 aliphatic carbocycles. The van der Waals surface area contributed by atoms with Gasteiger partial charge in [-0.1, -0.05) is 0 Å². The molecule has 5 nitrogen and oxygen atoms in total. The van der Waals surface area contributed by atoms with E-state index in [-0.39, 0.29) is 19.0 Å². The monoisotopic (exact) mass is 401 g/mol. The summed E-state index contributed by atoms with van der Waals surface area (Å²) in [7, 11) is -5.20. The van der Waals surface area contributed by atoms with Gasteiger partial charge in [-0.05, 0) is 40.8 Å². The van der Waals surface area contributed by atoms with Gasteiger partial charge >= 0.3 is 15.5 Å². The van der Waals surface area contributed by atoms with Gasteiger partial charge in [0.1, 0.15) is 0 Å². The van der Waals surface area contributed by atoms with E-state index in [1.165, 1.54) is 0 Å². The molecule has 1 N–H and O–H groups in total. The van der Waals surface area contributed by atoms with Gasteiger partial charge in [-0.25, -0.2) is 8.42 Å². The number of hydrogen-bond donors (Lipinski definition) is 1. The first-order chi connectivity index (χ1) is 10.2. The molecule has 0 bridgehead atoms. The highest BCUT2D eigenvalue weighted by molar-refractivity contribution is 9.10. The number of nitrogens with one attached hydrogen (secondary N) is 1. The summed E-state index contributed by atoms with van der Waals surface area (Å²) in [6.07, 6.45) is 4.08. The number of rotatable bonds is 4. The molecule has 2 heterocycles. The number of halogens is 4. The van der Waals surface area contributed by atoms with E-state index in [0.29, 0.717) is 23.7 Å². The number of sulfonamides is 1. The number of pyridine rings is 1. The normalized spacial score (nSPS) is 18.4. The molecule has 0 atom stereocenters. The number of aromatic nitrogens is 1. The molecule has 1 aromatic heterocycles. The predicted octanol–water partition coefficient (Wildman–Crippen LogP) is 2.82. The average Bonchev–Trinajstić information content (AvgIpc) is 2.44. The van der Waals surface area contributed by atoms with Crippen molar-refractivity contribution in [1.82, 2.24) is 9.29 Å². The van der Waals surface area contributed by atoms with Gasteiger partial charge in [0.25, 0.3) is 0 Å². The Morgan fingerprint density at radius 1 is 1.32 bits per heavy atom. The Labute approximate surface area is 135 Å². The van der Waals surface area contributed by atoms with Crippen LogP contribution in [0.25, 0.3) is 0 Å². The number of nitrogens with zero attached hydrogens (tertiary/aromatic N) is 2. The minimum absolute atomic E-state index is 0.106. The zero-order chi connectivity index (χ0) is 16.4. The molecule has 0 radical (unpaired) electrons. The first-order valence-corrected chi connectivity index (χ1v) is 8.84. The van der Waals surface area contributed by atoms with E-state index >= 15 is 0 Å². The second kappa shape index (κ2) is 6.71. The molecule has 0 unspecified atom stereocenters. The fourth-order valence-electron chi connectivity index (χ4n) is 2.27. The largest absolute Gasteiger partial charge is 0.511 e. The van der Waals surface area contributed by atoms with Gasteiger partial charge in [-0.15, -0.1) is 0 Å². The van der Waals surface area contributed by atoms with Gasteiger partial charge in [0.15, 0.2) is 0 Å². The van der Waals surface area contributed by atoms with Crippen molar-refractivity contribution in [3.05, 3.63) is 22.9 Å². The van der Waals surface area contributed by atoms with Gasteiger partial charge in [0.05, 0.1) is 11.9 Å². The zero-order valence-electron chi connectivity index (χ0n) is 11.5. The number of anilines is 1. The van der Waals surface area contributed by atoms with Crippen molar-refractivity contribution in [2.75, 3.05) is 25.0 Å². The molecule has 124 valence electrons. The summed E-state index contributed by atoms with van der Waals surface area (Å²) in [4.78, 5) is 4.00. The molecule has 2 rings (SSSR count). The summed E-state index contributed by atoms with van der Waals surface area (Å²) in [6, 6.07) is 1.84. The quantitative estimate of drug-likeness (QED) is 0.842. The minimum Gasteiger partial charge on any atom is -0.383 e. The van der Waals surface area contributed by atoms with Gasteiger partial charge in [-0.3, -0.25) is 4.98 Å². The van der Waals surface area contributed by atoms with E-state index in [4.69, 9.17) is 0 Å². The number of alkyl halides is 3. The Balaban J connectivity index is 1.85. The second-order valence-corrected chi connectivity index (χ2v) is 7.91. The van der Waals surface area contributed by atoms with Gasteiger partial charge in [0.2, 0.25) is 0 Å². The molecule has 1 saturated heterocycles. The van der Waals surface area contributed by atoms with Crippen molar-refractivity contribution in [3.63, 3.8) is 0 Å². The third-order valence-electron chi connectivity index (χ3n) is 3.51. The second-order valence-electron chi connectivity index (χ2n) is 5.07. The van der Waals surface area contributed by atoms with Crippen LogP contribution < -0.4 is 5.32 Å². The molecular weight excluding hydrogens is 387 g/mol. The molecule has 0 spiro atoms. The van der Waals surface area contributed by atoms with E-state index in [1.807, 2.05) is 6.07 Å². The maximum atomic E-state index is 12.5. The number of hydrogen-bond acceptors (Lipinski definition) is 4. The Hall–Kier alpha value is -0.870. The minimum atomic E-state index is -5.22. The van der Waals surface area contributed by atoms with Crippen LogP contribution in [0.3, 0.4) is 0 Å². The number of piperidine rings is 1. The van der Waals surface area contributed by atoms with Crippen molar-refractivity contribution < 1.29 is 21.6 Å². The highest BCUT2D eigenvalue weighted by Gasteiger charge is 2.50. The van der Waals surface area contributed by atoms with E-state index in [2.05, 4.69) is 26.2 Å². The molecular formula is C12H15BrF3N3O2S. The molecule has 0 saturated carbocycles. The SMILES string of the molecule is O=S(=O)(N1CCC(CNc2cncc(Br)c2)CC1)C(F)(F)F. The maximum Gasteiger partial charge on any atom is 0.511 e. The average molecular weight is 402 g/mol. The van der Waals surface area contributed by atoms with Gasteiger partial charge in [0, 0.05) is 30.3 Å². The Bertz CT molecular complexity index is 616. The Morgan fingerprint density at radius 3 is 2.50 bits per heavy atom. The van der Waals surface area contributed by atoms with Crippen LogP contribution in [0.1, 0.15) is 12.8 Å². The lowest BCUT2D eigenvalue weighted by Crippen LogP contribution is -2.45. The maximum absolute atomic E-state index is 12.5. The van der Waals surface area contributed by atoms with Crippen molar-refractivity contribution in [2.45, 2.75) is 18.3 Å². The van der Waals surface area contributed by atoms with Crippen LogP contribution in [-0.2, 0) is 10.0 Å². The van der Waals surface area contributed by atoms with Crippen LogP contribution in [-0.4, -0.2) is 42.8 Å². The molecule has 1 fully saturated rings. The molecule has 1 aromatic rings. The standard InChI is InChI=1S/C12H15BrF3N3O2S/c13-10-5-11(8-17-7-10)18-6-9-1-3-19(4-2-9)22(20,21)12(14,15)16/h5,7-9,18H,1-4,6H2. The lowest BCUT2D eigenvalue weighted by molar-refractivity contribution is -0.0496. The first-order valence-electron chi connectivity index (χ1n) is 6.61. The third-order valence-corrected chi connectivity index (χ3v) is 5.57. The van der Waals surface area contributed by atoms with Crippen molar-refractivity contribution >= 4 is 31.6 Å². The fourth-order valence-corrected chi connectivity index (χ4v) is 3.62. The molecule has 0 amide bonds. The van der Waals surface area contributed by atoms with Gasteiger partial charge in [-0.2, -0.15) is 17.5 Å². The first kappa shape index (κ1) is 17.5. The molecule has 1 aliphatic heterocycles. The third kappa shape index (κ3) is 4.11. The van der Waals surface area contributed by atoms with Crippen LogP contribution in [0.2, 0.25) is 0 Å². The summed E-state index contributed by atoms with van der Waals surface area (Å²) >= 11 is 3.29. The fraction of sp³-hybridized carbons (Fsp3) is 0.583. The van der Waals surface area contributed by atoms with E-state index in [0.717, 1.165) is 10.2 Å². The Kier molecular flexibility index (Phi) is 5.33. The van der Waals surface area contributed by atoms with Crippen molar-refractivity contribution in [3.8, 4) is 0 Å². The Morgan fingerprint density at radius 2 is 1.95 bits per heavy atom. The summed E-state index contributed by atoms with van der Waals surface area (Å²) in [5.41, 5.74) is -4.42. The molecule has 10 heteroatoms. The molecule has 22 heavy (non-hydrogen) atoms. The van der Waals surface area contributed by atoms with E-state index in [9.17, 15) is 21.6 Å². The zero-order valence-corrected chi connectivity index (χ0v) is 13.9. The molecule has 1 aliphatic rings. The van der Waals surface area contributed by atoms with Crippen LogP contribution in [0, 0.1) is 5.92 Å². The topological polar surface area (TPSA) is 62.3 Å². The predicted molar refractivity (Wildman–Crippen MR) is 79.7 cm³/mol. The summed E-state index contributed by atoms with van der Waals surface area (Å²) < 4.78 is 61.4. The molecule has 0 aromatic carbocycles. The van der Waals surface area contributed by atoms with Crippen LogP contribution in [0.4, 0.5) is 18.9 Å². The van der Waals surface area contributed by atoms with E-state index in [1.54, 1.807) is 12.4 Å². The van der Waals surface area contributed by atoms with Gasteiger partial charge < -0.3 is 5.32 Å². The lowest BCUT2D eigenvalue weighted by atomic mass is 9.98. The highest BCUT2D eigenvalue weighted by Crippen LogP contribution is 2.30. The highest BCUT2D eigenvalue weighted by atomic mass is 79.9. The summed E-state index contributed by atoms with van der Waals surface area (Å²) in [6.45, 7) is 0.355. The smallest absolute Gasteiger partial charge is 0.383 e. The van der Waals surface area contributed by atoms with Crippen LogP contribution in [0.5, 0.6) is 0 Å². The summed E-state index contributed by atoms with van der Waals surface area (Å²) in [5, 5.41) is 3.16. The van der Waals surface area contributed by atoms with Crippen LogP contribution >= 0.6 is 15.9 Å². The van der Waals surface area contributed by atoms with E-state index < -0.39 is 15.5 Å². The van der Waals surface area contributed by atoms with Crippen molar-refractivity contribution in [1.29, 1.82) is 0 Å². The van der Waals surface area contributed by atoms with Crippen LogP contribution in [0.15, 0.2) is 22.9 Å².